The van der Waals surface area contributed by atoms with Crippen molar-refractivity contribution < 1.29 is 18.6 Å². The van der Waals surface area contributed by atoms with Gasteiger partial charge in [0, 0.05) is 18.4 Å². The normalized spacial score (nSPS) is 12.7. The predicted molar refractivity (Wildman–Crippen MR) is 70.2 cm³/mol. The number of benzene rings is 1. The van der Waals surface area contributed by atoms with Gasteiger partial charge in [-0.3, -0.25) is 0 Å². The Hall–Kier alpha value is -1.95. The molecule has 1 aliphatic rings. The molecule has 7 heteroatoms. The van der Waals surface area contributed by atoms with Crippen molar-refractivity contribution in [3.8, 4) is 17.2 Å². The summed E-state index contributed by atoms with van der Waals surface area (Å²) in [7, 11) is 0. The second kappa shape index (κ2) is 6.00. The summed E-state index contributed by atoms with van der Waals surface area (Å²) in [5.41, 5.74) is 0. The number of aromatic nitrogens is 2. The predicted octanol–water partition coefficient (Wildman–Crippen LogP) is 2.55. The minimum Gasteiger partial charge on any atom is -0.484 e. The second-order valence-corrected chi connectivity index (χ2v) is 4.56. The number of fused-ring (bicyclic) bond motifs is 1. The van der Waals surface area contributed by atoms with E-state index in [9.17, 15) is 0 Å². The number of ether oxygens (including phenoxy) is 3. The maximum absolute atomic E-state index is 5.61. The maximum atomic E-state index is 5.61. The Kier molecular flexibility index (Phi) is 3.92. The van der Waals surface area contributed by atoms with Crippen molar-refractivity contribution in [1.29, 1.82) is 0 Å². The number of halogens is 1. The van der Waals surface area contributed by atoms with Crippen molar-refractivity contribution in [1.82, 2.24) is 10.2 Å². The van der Waals surface area contributed by atoms with Crippen LogP contribution in [-0.4, -0.2) is 22.9 Å². The first kappa shape index (κ1) is 13.1. The largest absolute Gasteiger partial charge is 0.484 e. The molecule has 0 atom stereocenters. The fourth-order valence-electron chi connectivity index (χ4n) is 1.78. The van der Waals surface area contributed by atoms with E-state index in [0.717, 1.165) is 12.2 Å². The molecular formula is C13H13ClN2O4. The Morgan fingerprint density at radius 2 is 2.00 bits per heavy atom. The molecule has 0 radical (unpaired) electrons. The molecule has 20 heavy (non-hydrogen) atoms. The summed E-state index contributed by atoms with van der Waals surface area (Å²) >= 11 is 5.61. The third-order valence-electron chi connectivity index (χ3n) is 2.74. The third-order valence-corrected chi connectivity index (χ3v) is 3.01. The minimum atomic E-state index is 0.216. The SMILES string of the molecule is ClCCCc1nnc(COc2ccc3c(c2)OCO3)o1. The van der Waals surface area contributed by atoms with Crippen LogP contribution in [0, 0.1) is 0 Å². The standard InChI is InChI=1S/C13H13ClN2O4/c14-5-1-2-12-15-16-13(20-12)7-17-9-3-4-10-11(6-9)19-8-18-10/h3-4,6H,1-2,5,7-8H2. The smallest absolute Gasteiger partial charge is 0.253 e. The average Bonchev–Trinajstić information content (AvgIpc) is 3.11. The van der Waals surface area contributed by atoms with E-state index in [1.165, 1.54) is 0 Å². The van der Waals surface area contributed by atoms with Crippen molar-refractivity contribution in [2.75, 3.05) is 12.7 Å². The summed E-state index contributed by atoms with van der Waals surface area (Å²) in [4.78, 5) is 0. The number of rotatable bonds is 6. The van der Waals surface area contributed by atoms with Crippen LogP contribution in [0.15, 0.2) is 22.6 Å². The van der Waals surface area contributed by atoms with Gasteiger partial charge >= 0.3 is 0 Å². The molecule has 0 amide bonds. The number of aryl methyl sites for hydroxylation is 1. The maximum Gasteiger partial charge on any atom is 0.253 e. The molecule has 1 aromatic carbocycles. The molecule has 1 aliphatic heterocycles. The number of nitrogens with zero attached hydrogens (tertiary/aromatic N) is 2. The van der Waals surface area contributed by atoms with Crippen LogP contribution in [0.3, 0.4) is 0 Å². The van der Waals surface area contributed by atoms with E-state index < -0.39 is 0 Å². The average molecular weight is 297 g/mol. The minimum absolute atomic E-state index is 0.216. The van der Waals surface area contributed by atoms with Gasteiger partial charge in [0.1, 0.15) is 5.75 Å². The van der Waals surface area contributed by atoms with Crippen molar-refractivity contribution in [3.05, 3.63) is 30.0 Å². The van der Waals surface area contributed by atoms with Gasteiger partial charge in [-0.05, 0) is 18.6 Å². The quantitative estimate of drug-likeness (QED) is 0.763. The molecule has 0 saturated heterocycles. The van der Waals surface area contributed by atoms with Crippen LogP contribution in [0.4, 0.5) is 0 Å². The van der Waals surface area contributed by atoms with E-state index in [-0.39, 0.29) is 13.4 Å². The molecule has 0 saturated carbocycles. The van der Waals surface area contributed by atoms with E-state index in [1.54, 1.807) is 18.2 Å². The zero-order valence-electron chi connectivity index (χ0n) is 10.7. The second-order valence-electron chi connectivity index (χ2n) is 4.19. The molecule has 0 N–H and O–H groups in total. The molecule has 1 aromatic heterocycles. The van der Waals surface area contributed by atoms with Gasteiger partial charge in [0.15, 0.2) is 18.1 Å². The van der Waals surface area contributed by atoms with Gasteiger partial charge in [0.2, 0.25) is 12.7 Å². The molecule has 2 aromatic rings. The third kappa shape index (κ3) is 2.96. The lowest BCUT2D eigenvalue weighted by Crippen LogP contribution is -1.95. The van der Waals surface area contributed by atoms with Crippen LogP contribution >= 0.6 is 11.6 Å². The lowest BCUT2D eigenvalue weighted by atomic mass is 10.3. The zero-order chi connectivity index (χ0) is 13.8. The molecule has 0 spiro atoms. The highest BCUT2D eigenvalue weighted by Crippen LogP contribution is 2.35. The summed E-state index contributed by atoms with van der Waals surface area (Å²) < 4.78 is 21.5. The molecule has 2 heterocycles. The molecule has 0 fully saturated rings. The Balaban J connectivity index is 1.57. The van der Waals surface area contributed by atoms with E-state index in [1.807, 2.05) is 0 Å². The topological polar surface area (TPSA) is 66.6 Å². The monoisotopic (exact) mass is 296 g/mol. The number of hydrogen-bond acceptors (Lipinski definition) is 6. The van der Waals surface area contributed by atoms with Crippen molar-refractivity contribution in [3.63, 3.8) is 0 Å². The lowest BCUT2D eigenvalue weighted by molar-refractivity contribution is 0.173. The summed E-state index contributed by atoms with van der Waals surface area (Å²) in [6.07, 6.45) is 1.49. The zero-order valence-corrected chi connectivity index (χ0v) is 11.4. The molecule has 106 valence electrons. The van der Waals surface area contributed by atoms with Crippen molar-refractivity contribution in [2.24, 2.45) is 0 Å². The molecule has 0 bridgehead atoms. The fourth-order valence-corrected chi connectivity index (χ4v) is 1.91. The molecule has 0 aliphatic carbocycles. The Morgan fingerprint density at radius 1 is 1.15 bits per heavy atom. The highest BCUT2D eigenvalue weighted by molar-refractivity contribution is 6.17. The van der Waals surface area contributed by atoms with Crippen LogP contribution < -0.4 is 14.2 Å². The number of hydrogen-bond donors (Lipinski definition) is 0. The number of alkyl halides is 1. The Labute approximate surface area is 120 Å². The van der Waals surface area contributed by atoms with Gasteiger partial charge in [0.05, 0.1) is 0 Å². The first-order valence-corrected chi connectivity index (χ1v) is 6.78. The summed E-state index contributed by atoms with van der Waals surface area (Å²) in [6.45, 7) is 0.458. The first-order chi connectivity index (χ1) is 9.85. The van der Waals surface area contributed by atoms with Crippen LogP contribution in [0.5, 0.6) is 17.2 Å². The molecule has 3 rings (SSSR count). The van der Waals surface area contributed by atoms with Crippen LogP contribution in [-0.2, 0) is 13.0 Å². The van der Waals surface area contributed by atoms with Crippen LogP contribution in [0.2, 0.25) is 0 Å². The summed E-state index contributed by atoms with van der Waals surface area (Å²) in [5, 5.41) is 7.84. The summed E-state index contributed by atoms with van der Waals surface area (Å²) in [5.74, 6) is 3.65. The summed E-state index contributed by atoms with van der Waals surface area (Å²) in [6, 6.07) is 5.38. The molecule has 0 unspecified atom stereocenters. The Morgan fingerprint density at radius 3 is 2.90 bits per heavy atom. The Bertz CT molecular complexity index is 588. The van der Waals surface area contributed by atoms with E-state index in [0.29, 0.717) is 35.6 Å². The molecule has 6 nitrogen and oxygen atoms in total. The first-order valence-electron chi connectivity index (χ1n) is 6.25. The fraction of sp³-hybridized carbons (Fsp3) is 0.385. The van der Waals surface area contributed by atoms with Gasteiger partial charge in [0.25, 0.3) is 5.89 Å². The van der Waals surface area contributed by atoms with Crippen LogP contribution in [0.1, 0.15) is 18.2 Å². The van der Waals surface area contributed by atoms with Gasteiger partial charge in [-0.15, -0.1) is 21.8 Å². The van der Waals surface area contributed by atoms with Crippen LogP contribution in [0.25, 0.3) is 0 Å². The van der Waals surface area contributed by atoms with Gasteiger partial charge in [-0.2, -0.15) is 0 Å². The molecular weight excluding hydrogens is 284 g/mol. The van der Waals surface area contributed by atoms with Gasteiger partial charge in [-0.25, -0.2) is 0 Å². The van der Waals surface area contributed by atoms with E-state index >= 15 is 0 Å². The van der Waals surface area contributed by atoms with Crippen molar-refractivity contribution >= 4 is 11.6 Å². The highest BCUT2D eigenvalue weighted by atomic mass is 35.5. The highest BCUT2D eigenvalue weighted by Gasteiger charge is 2.14. The van der Waals surface area contributed by atoms with Gasteiger partial charge in [-0.1, -0.05) is 0 Å². The van der Waals surface area contributed by atoms with Gasteiger partial charge < -0.3 is 18.6 Å². The van der Waals surface area contributed by atoms with E-state index in [2.05, 4.69) is 10.2 Å². The van der Waals surface area contributed by atoms with E-state index in [4.69, 9.17) is 30.2 Å². The van der Waals surface area contributed by atoms with Crippen molar-refractivity contribution in [2.45, 2.75) is 19.4 Å². The lowest BCUT2D eigenvalue weighted by Gasteiger charge is -2.04.